The summed E-state index contributed by atoms with van der Waals surface area (Å²) < 4.78 is 1.62. The van der Waals surface area contributed by atoms with Crippen LogP contribution >= 0.6 is 23.4 Å². The highest BCUT2D eigenvalue weighted by atomic mass is 35.5. The second-order valence-electron chi connectivity index (χ2n) is 7.11. The number of para-hydroxylation sites is 1. The molecule has 0 saturated carbocycles. The molecule has 0 atom stereocenters. The number of aromatic nitrogens is 2. The molecule has 2 amide bonds. The molecule has 1 N–H and O–H groups in total. The molecule has 8 heteroatoms. The molecule has 156 valence electrons. The Morgan fingerprint density at radius 3 is 2.43 bits per heavy atom. The zero-order valence-electron chi connectivity index (χ0n) is 17.3. The molecule has 0 radical (unpaired) electrons. The van der Waals surface area contributed by atoms with E-state index in [-0.39, 0.29) is 16.3 Å². The van der Waals surface area contributed by atoms with Gasteiger partial charge in [-0.15, -0.1) is 0 Å². The first-order valence-electron chi connectivity index (χ1n) is 9.34. The smallest absolute Gasteiger partial charge is 0.286 e. The van der Waals surface area contributed by atoms with E-state index < -0.39 is 0 Å². The fraction of sp³-hybridized carbons (Fsp3) is 0.227. The molecule has 0 saturated heterocycles. The summed E-state index contributed by atoms with van der Waals surface area (Å²) in [5.74, 6) is -0.363. The molecule has 0 aliphatic carbocycles. The summed E-state index contributed by atoms with van der Waals surface area (Å²) in [6, 6.07) is 15.2. The zero-order valence-corrected chi connectivity index (χ0v) is 18.8. The summed E-state index contributed by atoms with van der Waals surface area (Å²) in [5.41, 5.74) is 3.62. The highest BCUT2D eigenvalue weighted by Crippen LogP contribution is 2.30. The predicted molar refractivity (Wildman–Crippen MR) is 122 cm³/mol. The van der Waals surface area contributed by atoms with Gasteiger partial charge in [0.1, 0.15) is 5.15 Å². The fourth-order valence-corrected chi connectivity index (χ4v) is 3.88. The lowest BCUT2D eigenvalue weighted by Gasteiger charge is -2.13. The van der Waals surface area contributed by atoms with Crippen molar-refractivity contribution >= 4 is 40.2 Å². The molecule has 3 rings (SSSR count). The number of rotatable bonds is 5. The van der Waals surface area contributed by atoms with Crippen molar-refractivity contribution < 1.29 is 9.59 Å². The van der Waals surface area contributed by atoms with E-state index in [0.29, 0.717) is 28.4 Å². The summed E-state index contributed by atoms with van der Waals surface area (Å²) in [4.78, 5) is 27.2. The monoisotopic (exact) mass is 442 g/mol. The average Bonchev–Trinajstić information content (AvgIpc) is 2.98. The normalized spacial score (nSPS) is 10.7. The van der Waals surface area contributed by atoms with Gasteiger partial charge in [-0.25, -0.2) is 4.68 Å². The Labute approximate surface area is 185 Å². The molecule has 0 spiro atoms. The molecule has 1 heterocycles. The van der Waals surface area contributed by atoms with Gasteiger partial charge < -0.3 is 10.2 Å². The molecule has 0 unspecified atom stereocenters. The Morgan fingerprint density at radius 1 is 1.10 bits per heavy atom. The summed E-state index contributed by atoms with van der Waals surface area (Å²) in [6.45, 7) is 4.25. The van der Waals surface area contributed by atoms with Gasteiger partial charge in [0.25, 0.3) is 11.1 Å². The second kappa shape index (κ2) is 9.36. The van der Waals surface area contributed by atoms with Crippen LogP contribution in [-0.2, 0) is 6.54 Å². The number of halogens is 1. The number of aryl methyl sites for hydroxylation is 2. The lowest BCUT2D eigenvalue weighted by Crippen LogP contribution is -2.17. The molecule has 3 aromatic rings. The van der Waals surface area contributed by atoms with Gasteiger partial charge in [0, 0.05) is 19.0 Å². The largest absolute Gasteiger partial charge is 0.339 e. The third kappa shape index (κ3) is 5.04. The van der Waals surface area contributed by atoms with E-state index in [0.717, 1.165) is 17.3 Å². The molecular weight excluding hydrogens is 420 g/mol. The van der Waals surface area contributed by atoms with Crippen molar-refractivity contribution in [1.29, 1.82) is 0 Å². The lowest BCUT2D eigenvalue weighted by atomic mass is 10.1. The minimum Gasteiger partial charge on any atom is -0.339 e. The number of carbonyl (C=O) groups excluding carboxylic acids is 2. The SMILES string of the molecule is Cc1ccc(Cn2nc(C)c(C(=O)Nc3ccccc3SC(=O)N(C)C)c2Cl)cc1. The quantitative estimate of drug-likeness (QED) is 0.549. The topological polar surface area (TPSA) is 67.2 Å². The highest BCUT2D eigenvalue weighted by Gasteiger charge is 2.22. The highest BCUT2D eigenvalue weighted by molar-refractivity contribution is 8.13. The number of thioether (sulfide) groups is 1. The van der Waals surface area contributed by atoms with E-state index in [9.17, 15) is 9.59 Å². The van der Waals surface area contributed by atoms with E-state index in [1.165, 1.54) is 10.5 Å². The standard InChI is InChI=1S/C22H23ClN4O2S/c1-14-9-11-16(12-10-14)13-27-20(23)19(15(2)25-27)21(28)24-17-7-5-6-8-18(17)30-22(29)26(3)4/h5-12H,13H2,1-4H3,(H,24,28). The van der Waals surface area contributed by atoms with E-state index in [1.54, 1.807) is 43.9 Å². The van der Waals surface area contributed by atoms with Gasteiger partial charge in [0.05, 0.1) is 23.5 Å². The Morgan fingerprint density at radius 2 is 1.77 bits per heavy atom. The molecule has 1 aromatic heterocycles. The maximum absolute atomic E-state index is 13.0. The predicted octanol–water partition coefficient (Wildman–Crippen LogP) is 5.23. The third-order valence-corrected chi connectivity index (χ3v) is 5.94. The minimum absolute atomic E-state index is 0.128. The second-order valence-corrected chi connectivity index (χ2v) is 8.46. The van der Waals surface area contributed by atoms with Crippen molar-refractivity contribution in [2.45, 2.75) is 25.3 Å². The van der Waals surface area contributed by atoms with Crippen molar-refractivity contribution in [1.82, 2.24) is 14.7 Å². The summed E-state index contributed by atoms with van der Waals surface area (Å²) in [7, 11) is 3.37. The van der Waals surface area contributed by atoms with Crippen LogP contribution in [0, 0.1) is 13.8 Å². The van der Waals surface area contributed by atoms with E-state index >= 15 is 0 Å². The molecule has 0 aliphatic heterocycles. The number of nitrogens with zero attached hydrogens (tertiary/aromatic N) is 3. The number of benzene rings is 2. The Kier molecular flexibility index (Phi) is 6.84. The van der Waals surface area contributed by atoms with Gasteiger partial charge in [-0.1, -0.05) is 53.6 Å². The third-order valence-electron chi connectivity index (χ3n) is 4.44. The maximum atomic E-state index is 13.0. The first-order chi connectivity index (χ1) is 14.3. The Bertz CT molecular complexity index is 1080. The van der Waals surface area contributed by atoms with Gasteiger partial charge in [0.2, 0.25) is 0 Å². The minimum atomic E-state index is -0.363. The fourth-order valence-electron chi connectivity index (χ4n) is 2.81. The molecule has 30 heavy (non-hydrogen) atoms. The van der Waals surface area contributed by atoms with Crippen LogP contribution in [0.2, 0.25) is 5.15 Å². The van der Waals surface area contributed by atoms with Crippen LogP contribution in [0.15, 0.2) is 53.4 Å². The van der Waals surface area contributed by atoms with Crippen molar-refractivity contribution in [3.63, 3.8) is 0 Å². The van der Waals surface area contributed by atoms with Crippen LogP contribution in [0.5, 0.6) is 0 Å². The van der Waals surface area contributed by atoms with E-state index in [4.69, 9.17) is 11.6 Å². The number of hydrogen-bond acceptors (Lipinski definition) is 4. The van der Waals surface area contributed by atoms with Crippen molar-refractivity contribution in [3.8, 4) is 0 Å². The van der Waals surface area contributed by atoms with Gasteiger partial charge >= 0.3 is 0 Å². The van der Waals surface area contributed by atoms with Crippen LogP contribution in [-0.4, -0.2) is 39.9 Å². The Balaban J connectivity index is 1.82. The number of anilines is 1. The van der Waals surface area contributed by atoms with Gasteiger partial charge in [-0.05, 0) is 43.3 Å². The summed E-state index contributed by atoms with van der Waals surface area (Å²) >= 11 is 7.56. The Hall–Kier alpha value is -2.77. The first kappa shape index (κ1) is 21.9. The first-order valence-corrected chi connectivity index (χ1v) is 10.5. The van der Waals surface area contributed by atoms with Gasteiger partial charge in [-0.2, -0.15) is 5.10 Å². The lowest BCUT2D eigenvalue weighted by molar-refractivity contribution is 0.102. The van der Waals surface area contributed by atoms with E-state index in [2.05, 4.69) is 10.4 Å². The van der Waals surface area contributed by atoms with Crippen LogP contribution in [0.4, 0.5) is 10.5 Å². The molecule has 2 aromatic carbocycles. The molecule has 6 nitrogen and oxygen atoms in total. The van der Waals surface area contributed by atoms with Crippen molar-refractivity contribution in [3.05, 3.63) is 76.1 Å². The van der Waals surface area contributed by atoms with Gasteiger partial charge in [-0.3, -0.25) is 9.59 Å². The molecular formula is C22H23ClN4O2S. The number of amides is 2. The average molecular weight is 443 g/mol. The van der Waals surface area contributed by atoms with E-state index in [1.807, 2.05) is 37.3 Å². The number of carbonyl (C=O) groups is 2. The number of nitrogens with one attached hydrogen (secondary N) is 1. The number of hydrogen-bond donors (Lipinski definition) is 1. The molecule has 0 fully saturated rings. The van der Waals surface area contributed by atoms with Crippen LogP contribution in [0.3, 0.4) is 0 Å². The van der Waals surface area contributed by atoms with Gasteiger partial charge in [0.15, 0.2) is 0 Å². The molecule has 0 bridgehead atoms. The maximum Gasteiger partial charge on any atom is 0.286 e. The summed E-state index contributed by atoms with van der Waals surface area (Å²) in [6.07, 6.45) is 0. The van der Waals surface area contributed by atoms with Crippen molar-refractivity contribution in [2.75, 3.05) is 19.4 Å². The molecule has 0 aliphatic rings. The van der Waals surface area contributed by atoms with Crippen LogP contribution < -0.4 is 5.32 Å². The zero-order chi connectivity index (χ0) is 21.8. The summed E-state index contributed by atoms with van der Waals surface area (Å²) in [5, 5.41) is 7.46. The van der Waals surface area contributed by atoms with Crippen molar-refractivity contribution in [2.24, 2.45) is 0 Å². The van der Waals surface area contributed by atoms with Crippen LogP contribution in [0.1, 0.15) is 27.2 Å². The van der Waals surface area contributed by atoms with Crippen LogP contribution in [0.25, 0.3) is 0 Å².